The Morgan fingerprint density at radius 1 is 1.11 bits per heavy atom. The number of aryl methyl sites for hydroxylation is 2. The third-order valence-electron chi connectivity index (χ3n) is 6.34. The molecule has 6 rings (SSSR count). The first-order valence-corrected chi connectivity index (χ1v) is 12.1. The van der Waals surface area contributed by atoms with Crippen molar-refractivity contribution in [1.82, 2.24) is 19.7 Å². The van der Waals surface area contributed by atoms with Gasteiger partial charge in [-0.3, -0.25) is 0 Å². The van der Waals surface area contributed by atoms with Gasteiger partial charge in [-0.25, -0.2) is 19.0 Å². The van der Waals surface area contributed by atoms with Crippen LogP contribution < -0.4 is 5.73 Å². The molecule has 182 valence electrons. The summed E-state index contributed by atoms with van der Waals surface area (Å²) in [6, 6.07) is 12.1. The van der Waals surface area contributed by atoms with Crippen LogP contribution in [0.4, 0.5) is 4.39 Å². The minimum absolute atomic E-state index is 0.198. The number of rotatable bonds is 3. The van der Waals surface area contributed by atoms with Gasteiger partial charge in [0.25, 0.3) is 0 Å². The van der Waals surface area contributed by atoms with Crippen molar-refractivity contribution < 1.29 is 23.7 Å². The van der Waals surface area contributed by atoms with Crippen molar-refractivity contribution in [3.63, 3.8) is 0 Å². The second kappa shape index (κ2) is 8.70. The van der Waals surface area contributed by atoms with E-state index in [2.05, 4.69) is 15.1 Å². The van der Waals surface area contributed by atoms with E-state index in [1.165, 1.54) is 16.0 Å². The van der Waals surface area contributed by atoms with Gasteiger partial charge in [0.15, 0.2) is 17.9 Å². The lowest BCUT2D eigenvalue weighted by atomic mass is 9.92. The van der Waals surface area contributed by atoms with E-state index in [0.29, 0.717) is 16.0 Å². The number of benzene rings is 2. The molecule has 0 aliphatic carbocycles. The summed E-state index contributed by atoms with van der Waals surface area (Å²) < 4.78 is 35.5. The fourth-order valence-corrected chi connectivity index (χ4v) is 5.53. The Kier molecular flexibility index (Phi) is 5.63. The molecule has 35 heavy (non-hydrogen) atoms. The average molecular weight is 498 g/mol. The van der Waals surface area contributed by atoms with Crippen molar-refractivity contribution in [3.05, 3.63) is 70.5 Å². The summed E-state index contributed by atoms with van der Waals surface area (Å²) in [6.45, 7) is 3.74. The van der Waals surface area contributed by atoms with Crippen LogP contribution in [0.25, 0.3) is 15.9 Å². The molecule has 6 unspecified atom stereocenters. The normalized spacial score (nSPS) is 28.8. The first kappa shape index (κ1) is 22.7. The Morgan fingerprint density at radius 3 is 2.71 bits per heavy atom. The van der Waals surface area contributed by atoms with Gasteiger partial charge in [-0.15, -0.1) is 11.3 Å². The zero-order valence-electron chi connectivity index (χ0n) is 19.0. The van der Waals surface area contributed by atoms with Crippen molar-refractivity contribution in [1.29, 1.82) is 0 Å². The van der Waals surface area contributed by atoms with E-state index in [4.69, 9.17) is 19.9 Å². The molecule has 2 aromatic heterocycles. The number of fused-ring (bicyclic) bond motifs is 2. The number of hydrogen-bond acceptors (Lipinski definition) is 9. The maximum Gasteiger partial charge on any atom is 0.184 e. The minimum atomic E-state index is -1.16. The summed E-state index contributed by atoms with van der Waals surface area (Å²) in [4.78, 5) is 8.82. The SMILES string of the molecule is Cc1nc(C2OC3COC(c4ccccc4)OC3C(N)C2O)n(-c2ccc3nc(C)sc3c2F)n1. The van der Waals surface area contributed by atoms with Crippen LogP contribution in [0.15, 0.2) is 42.5 Å². The van der Waals surface area contributed by atoms with Gasteiger partial charge < -0.3 is 25.1 Å². The number of halogens is 1. The van der Waals surface area contributed by atoms with Gasteiger partial charge in [0.1, 0.15) is 35.9 Å². The van der Waals surface area contributed by atoms with Crippen LogP contribution in [0.5, 0.6) is 0 Å². The van der Waals surface area contributed by atoms with Gasteiger partial charge in [-0.1, -0.05) is 30.3 Å². The lowest BCUT2D eigenvalue weighted by molar-refractivity contribution is -0.309. The molecule has 2 aliphatic heterocycles. The molecule has 2 aromatic carbocycles. The fourth-order valence-electron chi connectivity index (χ4n) is 4.68. The van der Waals surface area contributed by atoms with Crippen LogP contribution in [-0.4, -0.2) is 55.8 Å². The Morgan fingerprint density at radius 2 is 1.91 bits per heavy atom. The first-order chi connectivity index (χ1) is 16.9. The standard InChI is InChI=1S/C24H24FN5O4S/c1-11-27-23(30(29-11)15-9-8-14-22(17(15)25)35-12(2)28-14)21-19(31)18(26)20-16(33-21)10-32-24(34-20)13-6-4-3-5-7-13/h3-9,16,18-21,24,31H,10,26H2,1-2H3. The molecule has 2 saturated heterocycles. The molecule has 2 fully saturated rings. The largest absolute Gasteiger partial charge is 0.388 e. The topological polar surface area (TPSA) is 118 Å². The second-order valence-electron chi connectivity index (χ2n) is 8.75. The van der Waals surface area contributed by atoms with Crippen LogP contribution in [0.1, 0.15) is 34.6 Å². The lowest BCUT2D eigenvalue weighted by Crippen LogP contribution is -2.62. The number of hydrogen-bond donors (Lipinski definition) is 2. The highest BCUT2D eigenvalue weighted by Crippen LogP contribution is 2.39. The van der Waals surface area contributed by atoms with Crippen molar-refractivity contribution in [2.24, 2.45) is 5.73 Å². The second-order valence-corrected chi connectivity index (χ2v) is 9.95. The molecule has 3 N–H and O–H groups in total. The zero-order valence-corrected chi connectivity index (χ0v) is 19.9. The number of aromatic nitrogens is 4. The van der Waals surface area contributed by atoms with E-state index < -0.39 is 42.6 Å². The summed E-state index contributed by atoms with van der Waals surface area (Å²) in [5.41, 5.74) is 8.09. The summed E-state index contributed by atoms with van der Waals surface area (Å²) in [6.07, 6.45) is -3.85. The quantitative estimate of drug-likeness (QED) is 0.444. The molecule has 0 bridgehead atoms. The van der Waals surface area contributed by atoms with E-state index in [1.54, 1.807) is 19.1 Å². The summed E-state index contributed by atoms with van der Waals surface area (Å²) in [5.74, 6) is 0.210. The van der Waals surface area contributed by atoms with E-state index in [0.717, 1.165) is 10.6 Å². The maximum absolute atomic E-state index is 15.5. The third kappa shape index (κ3) is 3.84. The zero-order chi connectivity index (χ0) is 24.3. The summed E-state index contributed by atoms with van der Waals surface area (Å²) in [7, 11) is 0. The van der Waals surface area contributed by atoms with Crippen molar-refractivity contribution in [2.75, 3.05) is 6.61 Å². The van der Waals surface area contributed by atoms with Gasteiger partial charge in [-0.2, -0.15) is 5.10 Å². The predicted molar refractivity (Wildman–Crippen MR) is 126 cm³/mol. The predicted octanol–water partition coefficient (Wildman–Crippen LogP) is 2.88. The molecular formula is C24H24FN5O4S. The van der Waals surface area contributed by atoms with E-state index >= 15 is 4.39 Å². The molecule has 11 heteroatoms. The highest BCUT2D eigenvalue weighted by Gasteiger charge is 2.49. The van der Waals surface area contributed by atoms with Gasteiger partial charge in [0, 0.05) is 5.56 Å². The molecule has 4 aromatic rings. The van der Waals surface area contributed by atoms with Gasteiger partial charge in [0.2, 0.25) is 0 Å². The number of ether oxygens (including phenoxy) is 3. The Hall–Kier alpha value is -2.80. The monoisotopic (exact) mass is 497 g/mol. The molecular weight excluding hydrogens is 473 g/mol. The maximum atomic E-state index is 15.5. The third-order valence-corrected chi connectivity index (χ3v) is 7.32. The van der Waals surface area contributed by atoms with Crippen LogP contribution >= 0.6 is 11.3 Å². The van der Waals surface area contributed by atoms with E-state index in [9.17, 15) is 5.11 Å². The average Bonchev–Trinajstić information content (AvgIpc) is 3.44. The summed E-state index contributed by atoms with van der Waals surface area (Å²) in [5, 5.41) is 16.3. The van der Waals surface area contributed by atoms with E-state index in [-0.39, 0.29) is 18.1 Å². The molecule has 0 radical (unpaired) electrons. The van der Waals surface area contributed by atoms with Crippen LogP contribution in [0.2, 0.25) is 0 Å². The Balaban J connectivity index is 1.32. The Labute approximate surface area is 204 Å². The lowest BCUT2D eigenvalue weighted by Gasteiger charge is -2.46. The number of aliphatic hydroxyl groups excluding tert-OH is 1. The highest BCUT2D eigenvalue weighted by molar-refractivity contribution is 7.18. The smallest absolute Gasteiger partial charge is 0.184 e. The van der Waals surface area contributed by atoms with Crippen molar-refractivity contribution in [2.45, 2.75) is 50.6 Å². The van der Waals surface area contributed by atoms with Crippen LogP contribution in [0, 0.1) is 19.7 Å². The molecule has 9 nitrogen and oxygen atoms in total. The number of aliphatic hydroxyl groups is 1. The molecule has 4 heterocycles. The van der Waals surface area contributed by atoms with Crippen LogP contribution in [0.3, 0.4) is 0 Å². The Bertz CT molecular complexity index is 1380. The number of thiazole rings is 1. The number of nitrogens with zero attached hydrogens (tertiary/aromatic N) is 4. The number of nitrogens with two attached hydrogens (primary N) is 1. The van der Waals surface area contributed by atoms with Crippen LogP contribution in [-0.2, 0) is 14.2 Å². The van der Waals surface area contributed by atoms with Crippen molar-refractivity contribution >= 4 is 21.6 Å². The molecule has 0 spiro atoms. The molecule has 0 saturated carbocycles. The minimum Gasteiger partial charge on any atom is -0.388 e. The van der Waals surface area contributed by atoms with Crippen molar-refractivity contribution in [3.8, 4) is 5.69 Å². The summed E-state index contributed by atoms with van der Waals surface area (Å²) >= 11 is 1.27. The van der Waals surface area contributed by atoms with Gasteiger partial charge in [0.05, 0.1) is 27.9 Å². The fraction of sp³-hybridized carbons (Fsp3) is 0.375. The van der Waals surface area contributed by atoms with E-state index in [1.807, 2.05) is 37.3 Å². The van der Waals surface area contributed by atoms with Gasteiger partial charge in [-0.05, 0) is 26.0 Å². The highest BCUT2D eigenvalue weighted by atomic mass is 32.1. The molecule has 0 amide bonds. The van der Waals surface area contributed by atoms with Gasteiger partial charge >= 0.3 is 0 Å². The molecule has 2 aliphatic rings. The first-order valence-electron chi connectivity index (χ1n) is 11.3. The molecule has 6 atom stereocenters.